The van der Waals surface area contributed by atoms with Gasteiger partial charge in [0.25, 0.3) is 0 Å². The van der Waals surface area contributed by atoms with Crippen molar-refractivity contribution in [2.75, 3.05) is 25.2 Å². The van der Waals surface area contributed by atoms with Crippen LogP contribution in [0.4, 0.5) is 0 Å². The lowest BCUT2D eigenvalue weighted by Crippen LogP contribution is -2.42. The van der Waals surface area contributed by atoms with Gasteiger partial charge in [-0.15, -0.1) is 0 Å². The molecule has 0 rings (SSSR count). The lowest BCUT2D eigenvalue weighted by Gasteiger charge is -2.23. The van der Waals surface area contributed by atoms with Gasteiger partial charge in [0.2, 0.25) is 0 Å². The molecule has 5 heteroatoms. The van der Waals surface area contributed by atoms with Crippen LogP contribution in [-0.2, 0) is 14.6 Å². The number of hydrogen-bond donors (Lipinski definition) is 1. The molecule has 0 amide bonds. The average Bonchev–Trinajstić information content (AvgIpc) is 1.97. The Balaban J connectivity index is 3.89. The zero-order valence-corrected chi connectivity index (χ0v) is 9.36. The summed E-state index contributed by atoms with van der Waals surface area (Å²) < 4.78 is 26.9. The first kappa shape index (κ1) is 12.9. The summed E-state index contributed by atoms with van der Waals surface area (Å²) in [5, 5.41) is 0. The maximum Gasteiger partial charge on any atom is 0.147 e. The Morgan fingerprint density at radius 1 is 1.46 bits per heavy atom. The zero-order valence-electron chi connectivity index (χ0n) is 8.54. The van der Waals surface area contributed by atoms with E-state index in [4.69, 9.17) is 10.5 Å². The van der Waals surface area contributed by atoms with Crippen molar-refractivity contribution >= 4 is 9.84 Å². The first-order valence-electron chi connectivity index (χ1n) is 4.31. The lowest BCUT2D eigenvalue weighted by molar-refractivity contribution is 0.1000. The fraction of sp³-hybridized carbons (Fsp3) is 1.00. The van der Waals surface area contributed by atoms with E-state index >= 15 is 0 Å². The lowest BCUT2D eigenvalue weighted by atomic mass is 10.0. The highest BCUT2D eigenvalue weighted by atomic mass is 32.2. The molecular weight excluding hydrogens is 190 g/mol. The molecule has 0 fully saturated rings. The summed E-state index contributed by atoms with van der Waals surface area (Å²) in [4.78, 5) is 0. The standard InChI is InChI=1S/C8H19NO3S/c1-4-12-7-8(2,9)5-6-13(3,10)11/h4-7,9H2,1-3H3. The summed E-state index contributed by atoms with van der Waals surface area (Å²) in [5.74, 6) is 0.118. The van der Waals surface area contributed by atoms with Crippen LogP contribution in [-0.4, -0.2) is 39.2 Å². The zero-order chi connectivity index (χ0) is 10.5. The second kappa shape index (κ2) is 4.93. The number of rotatable bonds is 6. The highest BCUT2D eigenvalue weighted by Crippen LogP contribution is 2.07. The van der Waals surface area contributed by atoms with E-state index in [9.17, 15) is 8.42 Å². The third kappa shape index (κ3) is 8.21. The van der Waals surface area contributed by atoms with Gasteiger partial charge in [0.1, 0.15) is 9.84 Å². The summed E-state index contributed by atoms with van der Waals surface area (Å²) in [6.07, 6.45) is 1.65. The predicted molar refractivity (Wildman–Crippen MR) is 53.4 cm³/mol. The van der Waals surface area contributed by atoms with Gasteiger partial charge in [-0.1, -0.05) is 0 Å². The molecule has 0 radical (unpaired) electrons. The van der Waals surface area contributed by atoms with Gasteiger partial charge in [-0.3, -0.25) is 0 Å². The van der Waals surface area contributed by atoms with Gasteiger partial charge in [0.05, 0.1) is 12.4 Å². The minimum Gasteiger partial charge on any atom is -0.380 e. The van der Waals surface area contributed by atoms with Gasteiger partial charge in [-0.2, -0.15) is 0 Å². The summed E-state index contributed by atoms with van der Waals surface area (Å²) in [5.41, 5.74) is 5.28. The van der Waals surface area contributed by atoms with Crippen molar-refractivity contribution in [1.82, 2.24) is 0 Å². The van der Waals surface area contributed by atoms with Crippen molar-refractivity contribution in [3.63, 3.8) is 0 Å². The van der Waals surface area contributed by atoms with E-state index in [1.165, 1.54) is 6.26 Å². The third-order valence-corrected chi connectivity index (χ3v) is 2.63. The first-order valence-corrected chi connectivity index (χ1v) is 6.37. The Kier molecular flexibility index (Phi) is 4.88. The Bertz CT molecular complexity index is 234. The number of hydrogen-bond acceptors (Lipinski definition) is 4. The van der Waals surface area contributed by atoms with Crippen molar-refractivity contribution in [2.24, 2.45) is 5.73 Å². The highest BCUT2D eigenvalue weighted by molar-refractivity contribution is 7.90. The Morgan fingerprint density at radius 3 is 2.38 bits per heavy atom. The van der Waals surface area contributed by atoms with Gasteiger partial charge < -0.3 is 10.5 Å². The molecule has 0 bridgehead atoms. The van der Waals surface area contributed by atoms with Crippen LogP contribution in [0.2, 0.25) is 0 Å². The van der Waals surface area contributed by atoms with Crippen LogP contribution >= 0.6 is 0 Å². The second-order valence-corrected chi connectivity index (χ2v) is 5.93. The molecule has 1 unspecified atom stereocenters. The maximum absolute atomic E-state index is 10.9. The molecule has 4 nitrogen and oxygen atoms in total. The molecule has 0 aliphatic heterocycles. The van der Waals surface area contributed by atoms with E-state index < -0.39 is 15.4 Å². The van der Waals surface area contributed by atoms with Gasteiger partial charge in [-0.05, 0) is 20.3 Å². The summed E-state index contributed by atoms with van der Waals surface area (Å²) in [7, 11) is -2.92. The van der Waals surface area contributed by atoms with E-state index in [1.54, 1.807) is 6.92 Å². The van der Waals surface area contributed by atoms with Crippen molar-refractivity contribution in [3.8, 4) is 0 Å². The minimum atomic E-state index is -2.92. The van der Waals surface area contributed by atoms with Crippen molar-refractivity contribution in [3.05, 3.63) is 0 Å². The predicted octanol–water partition coefficient (Wildman–Crippen LogP) is 0.175. The SMILES string of the molecule is CCOCC(C)(N)CCS(C)(=O)=O. The van der Waals surface area contributed by atoms with Gasteiger partial charge >= 0.3 is 0 Å². The van der Waals surface area contributed by atoms with Crippen LogP contribution in [0.15, 0.2) is 0 Å². The topological polar surface area (TPSA) is 69.4 Å². The third-order valence-electron chi connectivity index (χ3n) is 1.68. The Hall–Kier alpha value is -0.130. The summed E-state index contributed by atoms with van der Waals surface area (Å²) in [6.45, 7) is 4.69. The number of sulfone groups is 1. The molecule has 13 heavy (non-hydrogen) atoms. The minimum absolute atomic E-state index is 0.118. The Morgan fingerprint density at radius 2 is 2.00 bits per heavy atom. The second-order valence-electron chi connectivity index (χ2n) is 3.67. The average molecular weight is 209 g/mol. The molecule has 0 spiro atoms. The van der Waals surface area contributed by atoms with Crippen molar-refractivity contribution in [1.29, 1.82) is 0 Å². The largest absolute Gasteiger partial charge is 0.380 e. The monoisotopic (exact) mass is 209 g/mol. The molecule has 0 saturated heterocycles. The molecule has 1 atom stereocenters. The molecular formula is C8H19NO3S. The summed E-state index contributed by atoms with van der Waals surface area (Å²) >= 11 is 0. The van der Waals surface area contributed by atoms with E-state index in [0.717, 1.165) is 0 Å². The fourth-order valence-electron chi connectivity index (χ4n) is 0.826. The van der Waals surface area contributed by atoms with Crippen LogP contribution in [0.5, 0.6) is 0 Å². The van der Waals surface area contributed by atoms with Crippen LogP contribution in [0.25, 0.3) is 0 Å². The Labute approximate surface area is 80.4 Å². The highest BCUT2D eigenvalue weighted by Gasteiger charge is 2.20. The van der Waals surface area contributed by atoms with Gasteiger partial charge in [0.15, 0.2) is 0 Å². The number of ether oxygens (including phenoxy) is 1. The van der Waals surface area contributed by atoms with Crippen LogP contribution in [0.3, 0.4) is 0 Å². The van der Waals surface area contributed by atoms with Crippen LogP contribution < -0.4 is 5.73 Å². The van der Waals surface area contributed by atoms with Crippen LogP contribution in [0, 0.1) is 0 Å². The van der Waals surface area contributed by atoms with Crippen molar-refractivity contribution in [2.45, 2.75) is 25.8 Å². The molecule has 80 valence electrons. The van der Waals surface area contributed by atoms with E-state index in [1.807, 2.05) is 6.92 Å². The number of nitrogens with two attached hydrogens (primary N) is 1. The molecule has 0 saturated carbocycles. The quantitative estimate of drug-likeness (QED) is 0.677. The van der Waals surface area contributed by atoms with E-state index in [0.29, 0.717) is 19.6 Å². The molecule has 0 aromatic carbocycles. The van der Waals surface area contributed by atoms with E-state index in [-0.39, 0.29) is 5.75 Å². The van der Waals surface area contributed by atoms with Gasteiger partial charge in [-0.25, -0.2) is 8.42 Å². The molecule has 0 aliphatic carbocycles. The fourth-order valence-corrected chi connectivity index (χ4v) is 1.66. The van der Waals surface area contributed by atoms with Crippen LogP contribution in [0.1, 0.15) is 20.3 Å². The van der Waals surface area contributed by atoms with Crippen molar-refractivity contribution < 1.29 is 13.2 Å². The summed E-state index contributed by atoms with van der Waals surface area (Å²) in [6, 6.07) is 0. The smallest absolute Gasteiger partial charge is 0.147 e. The molecule has 0 aromatic heterocycles. The molecule has 0 heterocycles. The van der Waals surface area contributed by atoms with E-state index in [2.05, 4.69) is 0 Å². The molecule has 0 aliphatic rings. The molecule has 0 aromatic rings. The van der Waals surface area contributed by atoms with Gasteiger partial charge in [0, 0.05) is 18.4 Å². The normalized spacial score (nSPS) is 16.9. The maximum atomic E-state index is 10.9. The first-order chi connectivity index (χ1) is 5.77. The molecule has 2 N–H and O–H groups in total.